The highest BCUT2D eigenvalue weighted by Gasteiger charge is 2.18. The van der Waals surface area contributed by atoms with E-state index in [1.54, 1.807) is 0 Å². The molecule has 0 saturated carbocycles. The highest BCUT2D eigenvalue weighted by molar-refractivity contribution is 7.99. The summed E-state index contributed by atoms with van der Waals surface area (Å²) in [6.07, 6.45) is 2.37. The van der Waals surface area contributed by atoms with Crippen LogP contribution in [0.5, 0.6) is 0 Å². The molecular weight excluding hydrogens is 242 g/mol. The molecule has 5 heteroatoms. The van der Waals surface area contributed by atoms with Gasteiger partial charge in [0.15, 0.2) is 0 Å². The summed E-state index contributed by atoms with van der Waals surface area (Å²) in [5.74, 6) is 2.44. The molecule has 3 nitrogen and oxygen atoms in total. The van der Waals surface area contributed by atoms with Gasteiger partial charge in [-0.1, -0.05) is 16.8 Å². The number of rotatable bonds is 1. The van der Waals surface area contributed by atoms with E-state index in [1.165, 1.54) is 24.3 Å². The van der Waals surface area contributed by atoms with Crippen LogP contribution in [0.25, 0.3) is 11.0 Å². The predicted octanol–water partition coefficient (Wildman–Crippen LogP) is 3.15. The van der Waals surface area contributed by atoms with Crippen molar-refractivity contribution in [2.45, 2.75) is 18.9 Å². The predicted molar refractivity (Wildman–Crippen MR) is 68.1 cm³/mol. The number of halogens is 1. The zero-order chi connectivity index (χ0) is 11.0. The fraction of sp³-hybridized carbons (Fsp3) is 0.455. The molecule has 0 spiro atoms. The van der Waals surface area contributed by atoms with Crippen molar-refractivity contribution < 1.29 is 0 Å². The number of hydrogen-bond donors (Lipinski definition) is 0. The van der Waals surface area contributed by atoms with Crippen molar-refractivity contribution in [3.05, 3.63) is 23.2 Å². The molecule has 2 heterocycles. The molecule has 1 aliphatic rings. The molecule has 1 aromatic carbocycles. The maximum absolute atomic E-state index is 5.93. The summed E-state index contributed by atoms with van der Waals surface area (Å²) in [5, 5.41) is 9.16. The third-order valence-electron chi connectivity index (χ3n) is 2.97. The van der Waals surface area contributed by atoms with Gasteiger partial charge in [-0.2, -0.15) is 11.8 Å². The van der Waals surface area contributed by atoms with Crippen LogP contribution in [0.15, 0.2) is 18.2 Å². The smallest absolute Gasteiger partial charge is 0.114 e. The molecule has 2 aromatic rings. The van der Waals surface area contributed by atoms with Gasteiger partial charge in [-0.3, -0.25) is 0 Å². The monoisotopic (exact) mass is 253 g/mol. The first-order valence-electron chi connectivity index (χ1n) is 5.43. The molecule has 1 aromatic heterocycles. The third-order valence-corrected chi connectivity index (χ3v) is 4.25. The number of fused-ring (bicyclic) bond motifs is 1. The molecule has 16 heavy (non-hydrogen) atoms. The molecule has 0 amide bonds. The molecule has 1 aliphatic heterocycles. The first-order valence-corrected chi connectivity index (χ1v) is 6.96. The minimum atomic E-state index is 0.507. The lowest BCUT2D eigenvalue weighted by Crippen LogP contribution is -2.16. The Balaban J connectivity index is 2.03. The van der Waals surface area contributed by atoms with Crippen LogP contribution in [0, 0.1) is 0 Å². The van der Waals surface area contributed by atoms with Gasteiger partial charge in [-0.05, 0) is 42.5 Å². The molecule has 0 atom stereocenters. The van der Waals surface area contributed by atoms with Crippen LogP contribution in [0.3, 0.4) is 0 Å². The van der Waals surface area contributed by atoms with E-state index >= 15 is 0 Å². The second-order valence-electron chi connectivity index (χ2n) is 4.01. The van der Waals surface area contributed by atoms with Crippen LogP contribution < -0.4 is 0 Å². The summed E-state index contributed by atoms with van der Waals surface area (Å²) in [5.41, 5.74) is 1.99. The van der Waals surface area contributed by atoms with Gasteiger partial charge in [0.2, 0.25) is 0 Å². The molecular formula is C11H12ClN3S. The Morgan fingerprint density at radius 2 is 2.12 bits per heavy atom. The fourth-order valence-corrected chi connectivity index (χ4v) is 3.36. The van der Waals surface area contributed by atoms with Crippen LogP contribution in [0.2, 0.25) is 5.02 Å². The zero-order valence-corrected chi connectivity index (χ0v) is 10.3. The standard InChI is InChI=1S/C11H12ClN3S/c12-8-1-2-11-10(7-8)13-14-15(11)9-3-5-16-6-4-9/h1-2,7,9H,3-6H2. The lowest BCUT2D eigenvalue weighted by Gasteiger charge is -2.21. The third kappa shape index (κ3) is 1.80. The van der Waals surface area contributed by atoms with Crippen LogP contribution in [0.4, 0.5) is 0 Å². The Labute approximate surface area is 103 Å². The maximum Gasteiger partial charge on any atom is 0.114 e. The van der Waals surface area contributed by atoms with Crippen LogP contribution in [-0.4, -0.2) is 26.5 Å². The van der Waals surface area contributed by atoms with E-state index in [2.05, 4.69) is 15.0 Å². The molecule has 0 unspecified atom stereocenters. The molecule has 0 radical (unpaired) electrons. The number of benzene rings is 1. The van der Waals surface area contributed by atoms with E-state index in [0.717, 1.165) is 16.1 Å². The highest BCUT2D eigenvalue weighted by Crippen LogP contribution is 2.29. The average Bonchev–Trinajstić information content (AvgIpc) is 2.73. The van der Waals surface area contributed by atoms with Crippen molar-refractivity contribution in [2.24, 2.45) is 0 Å². The summed E-state index contributed by atoms with van der Waals surface area (Å²) in [7, 11) is 0. The lowest BCUT2D eigenvalue weighted by atomic mass is 10.1. The Morgan fingerprint density at radius 1 is 1.31 bits per heavy atom. The normalized spacial score (nSPS) is 18.1. The van der Waals surface area contributed by atoms with Gasteiger partial charge in [0.25, 0.3) is 0 Å². The lowest BCUT2D eigenvalue weighted by molar-refractivity contribution is 0.428. The van der Waals surface area contributed by atoms with Crippen molar-refractivity contribution >= 4 is 34.4 Å². The Bertz CT molecular complexity index is 505. The van der Waals surface area contributed by atoms with Crippen LogP contribution in [-0.2, 0) is 0 Å². The first kappa shape index (κ1) is 10.4. The van der Waals surface area contributed by atoms with E-state index in [4.69, 9.17) is 11.6 Å². The Morgan fingerprint density at radius 3 is 2.94 bits per heavy atom. The SMILES string of the molecule is Clc1ccc2c(c1)nnn2C1CCSCC1. The van der Waals surface area contributed by atoms with Gasteiger partial charge in [0.05, 0.1) is 11.6 Å². The molecule has 1 saturated heterocycles. The van der Waals surface area contributed by atoms with E-state index < -0.39 is 0 Å². The summed E-state index contributed by atoms with van der Waals surface area (Å²) >= 11 is 7.95. The van der Waals surface area contributed by atoms with Gasteiger partial charge >= 0.3 is 0 Å². The topological polar surface area (TPSA) is 30.7 Å². The van der Waals surface area contributed by atoms with E-state index in [-0.39, 0.29) is 0 Å². The van der Waals surface area contributed by atoms with Crippen molar-refractivity contribution in [1.82, 2.24) is 15.0 Å². The van der Waals surface area contributed by atoms with Crippen molar-refractivity contribution in [3.63, 3.8) is 0 Å². The molecule has 1 fully saturated rings. The van der Waals surface area contributed by atoms with Crippen LogP contribution >= 0.6 is 23.4 Å². The summed E-state index contributed by atoms with van der Waals surface area (Å²) in [6.45, 7) is 0. The zero-order valence-electron chi connectivity index (χ0n) is 8.77. The summed E-state index contributed by atoms with van der Waals surface area (Å²) in [4.78, 5) is 0. The van der Waals surface area contributed by atoms with Gasteiger partial charge in [-0.25, -0.2) is 4.68 Å². The summed E-state index contributed by atoms with van der Waals surface area (Å²) < 4.78 is 2.06. The number of thioether (sulfide) groups is 1. The largest absolute Gasteiger partial charge is 0.242 e. The van der Waals surface area contributed by atoms with Crippen molar-refractivity contribution in [1.29, 1.82) is 0 Å². The van der Waals surface area contributed by atoms with Crippen LogP contribution in [0.1, 0.15) is 18.9 Å². The second kappa shape index (κ2) is 4.26. The average molecular weight is 254 g/mol. The minimum absolute atomic E-state index is 0.507. The quantitative estimate of drug-likeness (QED) is 0.782. The van der Waals surface area contributed by atoms with Crippen molar-refractivity contribution in [3.8, 4) is 0 Å². The van der Waals surface area contributed by atoms with Crippen molar-refractivity contribution in [2.75, 3.05) is 11.5 Å². The number of hydrogen-bond acceptors (Lipinski definition) is 3. The highest BCUT2D eigenvalue weighted by atomic mass is 35.5. The number of nitrogens with zero attached hydrogens (tertiary/aromatic N) is 3. The fourth-order valence-electron chi connectivity index (χ4n) is 2.11. The van der Waals surface area contributed by atoms with Gasteiger partial charge in [-0.15, -0.1) is 5.10 Å². The van der Waals surface area contributed by atoms with Gasteiger partial charge in [0.1, 0.15) is 5.52 Å². The molecule has 0 N–H and O–H groups in total. The van der Waals surface area contributed by atoms with Gasteiger partial charge in [0, 0.05) is 5.02 Å². The Kier molecular flexibility index (Phi) is 2.77. The van der Waals surface area contributed by atoms with E-state index in [0.29, 0.717) is 6.04 Å². The maximum atomic E-state index is 5.93. The molecule has 0 aliphatic carbocycles. The van der Waals surface area contributed by atoms with Gasteiger partial charge < -0.3 is 0 Å². The molecule has 84 valence electrons. The molecule has 0 bridgehead atoms. The van der Waals surface area contributed by atoms with E-state index in [9.17, 15) is 0 Å². The Hall–Kier alpha value is -0.740. The first-order chi connectivity index (χ1) is 7.84. The molecule has 3 rings (SSSR count). The minimum Gasteiger partial charge on any atom is -0.242 e. The summed E-state index contributed by atoms with van der Waals surface area (Å²) in [6, 6.07) is 6.30. The second-order valence-corrected chi connectivity index (χ2v) is 5.67. The number of aromatic nitrogens is 3. The van der Waals surface area contributed by atoms with E-state index in [1.807, 2.05) is 30.0 Å².